The summed E-state index contributed by atoms with van der Waals surface area (Å²) in [5, 5.41) is 2.68. The Balaban J connectivity index is 2.67. The Bertz CT molecular complexity index is 398. The van der Waals surface area contributed by atoms with Crippen molar-refractivity contribution in [2.75, 3.05) is 7.05 Å². The Morgan fingerprint density at radius 3 is 2.56 bits per heavy atom. The fourth-order valence-electron chi connectivity index (χ4n) is 1.68. The summed E-state index contributed by atoms with van der Waals surface area (Å²) in [6, 6.07) is 3.09. The molecule has 1 aromatic rings. The molecule has 100 valence electrons. The van der Waals surface area contributed by atoms with Crippen molar-refractivity contribution in [3.05, 3.63) is 24.2 Å². The van der Waals surface area contributed by atoms with E-state index in [1.54, 1.807) is 24.3 Å². The van der Waals surface area contributed by atoms with E-state index in [0.29, 0.717) is 6.54 Å². The lowest BCUT2D eigenvalue weighted by Gasteiger charge is -2.26. The van der Waals surface area contributed by atoms with Gasteiger partial charge in [0.1, 0.15) is 11.8 Å². The highest BCUT2D eigenvalue weighted by Crippen LogP contribution is 2.09. The molecule has 1 rings (SSSR count). The Hall–Kier alpha value is -1.78. The zero-order chi connectivity index (χ0) is 13.7. The first-order valence-electron chi connectivity index (χ1n) is 5.96. The average Bonchev–Trinajstić information content (AvgIpc) is 2.77. The third-order valence-electron chi connectivity index (χ3n) is 2.64. The largest absolute Gasteiger partial charge is 0.467 e. The van der Waals surface area contributed by atoms with Gasteiger partial charge in [-0.3, -0.25) is 9.59 Å². The van der Waals surface area contributed by atoms with E-state index in [4.69, 9.17) is 4.42 Å². The fraction of sp³-hybridized carbons (Fsp3) is 0.538. The molecule has 18 heavy (non-hydrogen) atoms. The molecule has 1 heterocycles. The molecule has 0 unspecified atom stereocenters. The van der Waals surface area contributed by atoms with Crippen LogP contribution in [0.25, 0.3) is 0 Å². The molecule has 0 saturated heterocycles. The number of carbonyl (C=O) groups excluding carboxylic acids is 2. The van der Waals surface area contributed by atoms with Crippen LogP contribution in [0.1, 0.15) is 26.5 Å². The number of carbonyl (C=O) groups is 2. The van der Waals surface area contributed by atoms with Gasteiger partial charge in [-0.15, -0.1) is 0 Å². The molecule has 1 atom stereocenters. The molecule has 5 nitrogen and oxygen atoms in total. The Morgan fingerprint density at radius 2 is 2.11 bits per heavy atom. The molecular formula is C13H20N2O3. The number of nitrogens with one attached hydrogen (secondary N) is 1. The first-order valence-corrected chi connectivity index (χ1v) is 5.96. The highest BCUT2D eigenvalue weighted by atomic mass is 16.3. The fourth-order valence-corrected chi connectivity index (χ4v) is 1.68. The summed E-state index contributed by atoms with van der Waals surface area (Å²) in [5.74, 6) is 0.446. The van der Waals surface area contributed by atoms with Crippen molar-refractivity contribution < 1.29 is 14.0 Å². The predicted molar refractivity (Wildman–Crippen MR) is 67.6 cm³/mol. The summed E-state index contributed by atoms with van der Waals surface area (Å²) in [6.45, 7) is 5.61. The molecule has 0 fully saturated rings. The standard InChI is InChI=1S/C13H20N2O3/c1-9(2)12(14-10(3)16)13(17)15(4)8-11-6-5-7-18-11/h5-7,9,12H,8H2,1-4H3,(H,14,16)/t12-/m0/s1. The number of furan rings is 1. The maximum Gasteiger partial charge on any atom is 0.245 e. The molecule has 0 aliphatic heterocycles. The smallest absolute Gasteiger partial charge is 0.245 e. The van der Waals surface area contributed by atoms with Crippen LogP contribution in [0.4, 0.5) is 0 Å². The summed E-state index contributed by atoms with van der Waals surface area (Å²) < 4.78 is 5.19. The molecule has 2 amide bonds. The maximum atomic E-state index is 12.2. The van der Waals surface area contributed by atoms with E-state index in [0.717, 1.165) is 5.76 Å². The van der Waals surface area contributed by atoms with E-state index in [2.05, 4.69) is 5.32 Å². The first-order chi connectivity index (χ1) is 8.41. The summed E-state index contributed by atoms with van der Waals surface area (Å²) in [7, 11) is 1.70. The van der Waals surface area contributed by atoms with Gasteiger partial charge in [-0.2, -0.15) is 0 Å². The number of hydrogen-bond donors (Lipinski definition) is 1. The highest BCUT2D eigenvalue weighted by molar-refractivity contribution is 5.86. The Labute approximate surface area is 107 Å². The number of likely N-dealkylation sites (N-methyl/N-ethyl adjacent to an activating group) is 1. The number of nitrogens with zero attached hydrogens (tertiary/aromatic N) is 1. The van der Waals surface area contributed by atoms with Crippen LogP contribution in [0.15, 0.2) is 22.8 Å². The molecule has 1 aromatic heterocycles. The second-order valence-corrected chi connectivity index (χ2v) is 4.70. The van der Waals surface area contributed by atoms with Crippen molar-refractivity contribution in [1.29, 1.82) is 0 Å². The summed E-state index contributed by atoms with van der Waals surface area (Å²) in [5.41, 5.74) is 0. The van der Waals surface area contributed by atoms with E-state index in [1.165, 1.54) is 6.92 Å². The third-order valence-corrected chi connectivity index (χ3v) is 2.64. The van der Waals surface area contributed by atoms with Crippen LogP contribution in [0.2, 0.25) is 0 Å². The quantitative estimate of drug-likeness (QED) is 0.861. The van der Waals surface area contributed by atoms with Gasteiger partial charge in [0.05, 0.1) is 12.8 Å². The molecule has 0 spiro atoms. The van der Waals surface area contributed by atoms with Gasteiger partial charge in [-0.1, -0.05) is 13.8 Å². The second-order valence-electron chi connectivity index (χ2n) is 4.70. The number of hydrogen-bond acceptors (Lipinski definition) is 3. The molecule has 0 saturated carbocycles. The van der Waals surface area contributed by atoms with E-state index in [1.807, 2.05) is 19.9 Å². The molecule has 0 bridgehead atoms. The van der Waals surface area contributed by atoms with Crippen molar-refractivity contribution in [2.45, 2.75) is 33.4 Å². The van der Waals surface area contributed by atoms with Crippen LogP contribution in [-0.4, -0.2) is 29.8 Å². The minimum atomic E-state index is -0.498. The van der Waals surface area contributed by atoms with Gasteiger partial charge >= 0.3 is 0 Å². The number of amides is 2. The molecule has 0 aromatic carbocycles. The minimum Gasteiger partial charge on any atom is -0.467 e. The van der Waals surface area contributed by atoms with Gasteiger partial charge in [-0.25, -0.2) is 0 Å². The topological polar surface area (TPSA) is 62.6 Å². The zero-order valence-corrected chi connectivity index (χ0v) is 11.3. The molecule has 0 aliphatic rings. The highest BCUT2D eigenvalue weighted by Gasteiger charge is 2.26. The van der Waals surface area contributed by atoms with Crippen LogP contribution >= 0.6 is 0 Å². The third kappa shape index (κ3) is 3.91. The monoisotopic (exact) mass is 252 g/mol. The van der Waals surface area contributed by atoms with Crippen molar-refractivity contribution in [2.24, 2.45) is 5.92 Å². The lowest BCUT2D eigenvalue weighted by Crippen LogP contribution is -2.49. The lowest BCUT2D eigenvalue weighted by molar-refractivity contribution is -0.136. The molecule has 1 N–H and O–H groups in total. The van der Waals surface area contributed by atoms with E-state index in [-0.39, 0.29) is 17.7 Å². The van der Waals surface area contributed by atoms with Gasteiger partial charge in [0, 0.05) is 14.0 Å². The summed E-state index contributed by atoms with van der Waals surface area (Å²) in [6.07, 6.45) is 1.57. The molecule has 0 radical (unpaired) electrons. The maximum absolute atomic E-state index is 12.2. The van der Waals surface area contributed by atoms with E-state index < -0.39 is 6.04 Å². The van der Waals surface area contributed by atoms with Gasteiger partial charge in [0.15, 0.2) is 0 Å². The van der Waals surface area contributed by atoms with Gasteiger partial charge in [0.2, 0.25) is 11.8 Å². The number of rotatable bonds is 5. The summed E-state index contributed by atoms with van der Waals surface area (Å²) >= 11 is 0. The summed E-state index contributed by atoms with van der Waals surface area (Å²) in [4.78, 5) is 24.9. The van der Waals surface area contributed by atoms with Crippen molar-refractivity contribution in [3.63, 3.8) is 0 Å². The second kappa shape index (κ2) is 6.23. The average molecular weight is 252 g/mol. The Morgan fingerprint density at radius 1 is 1.44 bits per heavy atom. The SMILES string of the molecule is CC(=O)N[C@H](C(=O)N(C)Cc1ccco1)C(C)C. The van der Waals surface area contributed by atoms with Crippen molar-refractivity contribution in [3.8, 4) is 0 Å². The molecular weight excluding hydrogens is 232 g/mol. The first kappa shape index (κ1) is 14.3. The van der Waals surface area contributed by atoms with E-state index in [9.17, 15) is 9.59 Å². The van der Waals surface area contributed by atoms with Crippen LogP contribution in [-0.2, 0) is 16.1 Å². The zero-order valence-electron chi connectivity index (χ0n) is 11.3. The molecule has 5 heteroatoms. The lowest BCUT2D eigenvalue weighted by atomic mass is 10.0. The van der Waals surface area contributed by atoms with Crippen LogP contribution in [0, 0.1) is 5.92 Å². The van der Waals surface area contributed by atoms with E-state index >= 15 is 0 Å². The van der Waals surface area contributed by atoms with Crippen LogP contribution in [0.3, 0.4) is 0 Å². The van der Waals surface area contributed by atoms with Gasteiger partial charge in [0.25, 0.3) is 0 Å². The van der Waals surface area contributed by atoms with Crippen LogP contribution in [0.5, 0.6) is 0 Å². The minimum absolute atomic E-state index is 0.0421. The predicted octanol–water partition coefficient (Wildman–Crippen LogP) is 1.40. The van der Waals surface area contributed by atoms with Gasteiger partial charge < -0.3 is 14.6 Å². The Kier molecular flexibility index (Phi) is 4.95. The normalized spacial score (nSPS) is 12.3. The van der Waals surface area contributed by atoms with Crippen molar-refractivity contribution >= 4 is 11.8 Å². The van der Waals surface area contributed by atoms with Crippen LogP contribution < -0.4 is 5.32 Å². The van der Waals surface area contributed by atoms with Gasteiger partial charge in [-0.05, 0) is 18.1 Å². The molecule has 0 aliphatic carbocycles. The van der Waals surface area contributed by atoms with Crippen molar-refractivity contribution in [1.82, 2.24) is 10.2 Å².